The van der Waals surface area contributed by atoms with Crippen LogP contribution in [0.3, 0.4) is 0 Å². The van der Waals surface area contributed by atoms with Gasteiger partial charge in [-0.3, -0.25) is 0 Å². The van der Waals surface area contributed by atoms with Gasteiger partial charge in [0.1, 0.15) is 11.9 Å². The third-order valence-electron chi connectivity index (χ3n) is 4.39. The topological polar surface area (TPSA) is 75.5 Å². The molecule has 2 aliphatic heterocycles. The van der Waals surface area contributed by atoms with E-state index in [0.717, 1.165) is 12.8 Å². The molecule has 0 radical (unpaired) electrons. The van der Waals surface area contributed by atoms with Gasteiger partial charge in [0.2, 0.25) is 0 Å². The number of amides is 1. The van der Waals surface area contributed by atoms with Crippen molar-refractivity contribution in [3.63, 3.8) is 0 Å². The van der Waals surface area contributed by atoms with Crippen LogP contribution in [0.15, 0.2) is 18.7 Å². The quantitative estimate of drug-likeness (QED) is 0.882. The highest BCUT2D eigenvalue weighted by atomic mass is 16.6. The fourth-order valence-electron chi connectivity index (χ4n) is 3.53. The second kappa shape index (κ2) is 5.01. The van der Waals surface area contributed by atoms with Gasteiger partial charge in [-0.1, -0.05) is 0 Å². The molecule has 4 rings (SSSR count). The van der Waals surface area contributed by atoms with E-state index in [0.29, 0.717) is 31.1 Å². The van der Waals surface area contributed by atoms with Crippen LogP contribution in [0.5, 0.6) is 0 Å². The minimum atomic E-state index is -1.06. The van der Waals surface area contributed by atoms with Crippen LogP contribution >= 0.6 is 0 Å². The first-order valence-electron chi connectivity index (χ1n) is 7.06. The molecular weight excluding hydrogens is 258 g/mol. The van der Waals surface area contributed by atoms with Crippen LogP contribution < -0.4 is 0 Å². The highest BCUT2D eigenvalue weighted by Gasteiger charge is 2.53. The van der Waals surface area contributed by atoms with Crippen molar-refractivity contribution in [2.45, 2.75) is 37.8 Å². The highest BCUT2D eigenvalue weighted by molar-refractivity contribution is 5.68. The molecule has 1 N–H and O–H groups in total. The van der Waals surface area contributed by atoms with E-state index in [-0.39, 0.29) is 12.1 Å². The summed E-state index contributed by atoms with van der Waals surface area (Å²) < 4.78 is 5.11. The Bertz CT molecular complexity index is 496. The lowest BCUT2D eigenvalue weighted by Gasteiger charge is -2.53. The molecule has 1 amide bonds. The van der Waals surface area contributed by atoms with E-state index >= 15 is 0 Å². The standard InChI is InChI=1S/C14H19N3O3/c1-2-20-13(18)17-8-10-3-4-12(17)14(19,5-10)11-6-15-9-16-7-11/h6-7,9-10,12,19H,2-5,8H2,1H3. The van der Waals surface area contributed by atoms with Crippen molar-refractivity contribution < 1.29 is 14.6 Å². The summed E-state index contributed by atoms with van der Waals surface area (Å²) in [6.45, 7) is 2.80. The Labute approximate surface area is 117 Å². The number of piperidine rings is 2. The third-order valence-corrected chi connectivity index (χ3v) is 4.39. The van der Waals surface area contributed by atoms with Crippen LogP contribution in [0.4, 0.5) is 4.79 Å². The highest BCUT2D eigenvalue weighted by Crippen LogP contribution is 2.47. The SMILES string of the molecule is CCOC(=O)N1CC2CCC1C(O)(c1cncnc1)C2. The van der Waals surface area contributed by atoms with E-state index < -0.39 is 5.60 Å². The Hall–Kier alpha value is -1.69. The van der Waals surface area contributed by atoms with Crippen LogP contribution in [0.2, 0.25) is 0 Å². The van der Waals surface area contributed by atoms with E-state index in [1.165, 1.54) is 6.33 Å². The molecular formula is C14H19N3O3. The number of rotatable bonds is 2. The molecule has 1 aliphatic carbocycles. The number of hydrogen-bond acceptors (Lipinski definition) is 5. The summed E-state index contributed by atoms with van der Waals surface area (Å²) >= 11 is 0. The van der Waals surface area contributed by atoms with Crippen LogP contribution in [0, 0.1) is 5.92 Å². The third kappa shape index (κ3) is 2.04. The Morgan fingerprint density at radius 3 is 2.90 bits per heavy atom. The van der Waals surface area contributed by atoms with Crippen molar-refractivity contribution in [3.05, 3.63) is 24.3 Å². The summed E-state index contributed by atoms with van der Waals surface area (Å²) in [6.07, 6.45) is 6.86. The van der Waals surface area contributed by atoms with Crippen molar-refractivity contribution in [2.24, 2.45) is 5.92 Å². The second-order valence-electron chi connectivity index (χ2n) is 5.57. The first-order valence-corrected chi connectivity index (χ1v) is 7.06. The Morgan fingerprint density at radius 1 is 1.50 bits per heavy atom. The van der Waals surface area contributed by atoms with Gasteiger partial charge in [-0.05, 0) is 32.1 Å². The van der Waals surface area contributed by atoms with E-state index in [1.807, 2.05) is 0 Å². The van der Waals surface area contributed by atoms with Crippen molar-refractivity contribution >= 4 is 6.09 Å². The zero-order valence-corrected chi connectivity index (χ0v) is 11.5. The number of carbonyl (C=O) groups is 1. The van der Waals surface area contributed by atoms with Gasteiger partial charge in [0.05, 0.1) is 12.6 Å². The molecule has 2 saturated heterocycles. The summed E-state index contributed by atoms with van der Waals surface area (Å²) in [5.41, 5.74) is -0.376. The summed E-state index contributed by atoms with van der Waals surface area (Å²) in [7, 11) is 0. The van der Waals surface area contributed by atoms with Crippen LogP contribution in [0.1, 0.15) is 31.7 Å². The molecule has 3 heterocycles. The first-order chi connectivity index (χ1) is 9.65. The van der Waals surface area contributed by atoms with E-state index in [2.05, 4.69) is 9.97 Å². The lowest BCUT2D eigenvalue weighted by atomic mass is 9.67. The fourth-order valence-corrected chi connectivity index (χ4v) is 3.53. The average Bonchev–Trinajstić information content (AvgIpc) is 2.48. The first kappa shape index (κ1) is 13.3. The lowest BCUT2D eigenvalue weighted by Crippen LogP contribution is -2.62. The van der Waals surface area contributed by atoms with Crippen LogP contribution in [0.25, 0.3) is 0 Å². The summed E-state index contributed by atoms with van der Waals surface area (Å²) in [5.74, 6) is 0.301. The van der Waals surface area contributed by atoms with Gasteiger partial charge < -0.3 is 14.7 Å². The van der Waals surface area contributed by atoms with Crippen molar-refractivity contribution in [3.8, 4) is 0 Å². The molecule has 3 unspecified atom stereocenters. The van der Waals surface area contributed by atoms with Gasteiger partial charge >= 0.3 is 6.09 Å². The molecule has 108 valence electrons. The van der Waals surface area contributed by atoms with Crippen molar-refractivity contribution in [1.29, 1.82) is 0 Å². The molecule has 0 aromatic carbocycles. The predicted molar refractivity (Wildman–Crippen MR) is 70.8 cm³/mol. The second-order valence-corrected chi connectivity index (χ2v) is 5.57. The number of hydrogen-bond donors (Lipinski definition) is 1. The molecule has 1 saturated carbocycles. The van der Waals surface area contributed by atoms with E-state index in [1.54, 1.807) is 24.2 Å². The maximum Gasteiger partial charge on any atom is 0.410 e. The molecule has 20 heavy (non-hydrogen) atoms. The van der Waals surface area contributed by atoms with E-state index in [4.69, 9.17) is 4.74 Å². The maximum absolute atomic E-state index is 12.1. The van der Waals surface area contributed by atoms with Gasteiger partial charge in [0.25, 0.3) is 0 Å². The van der Waals surface area contributed by atoms with Crippen LogP contribution in [-0.2, 0) is 10.3 Å². The molecule has 3 aliphatic rings. The molecule has 1 aromatic heterocycles. The number of carbonyl (C=O) groups excluding carboxylic acids is 1. The van der Waals surface area contributed by atoms with Crippen LogP contribution in [-0.4, -0.2) is 45.3 Å². The minimum absolute atomic E-state index is 0.252. The average molecular weight is 277 g/mol. The Morgan fingerprint density at radius 2 is 2.25 bits per heavy atom. The number of fused-ring (bicyclic) bond motifs is 3. The number of nitrogens with zero attached hydrogens (tertiary/aromatic N) is 3. The number of aliphatic hydroxyl groups is 1. The van der Waals surface area contributed by atoms with Gasteiger partial charge in [-0.25, -0.2) is 14.8 Å². The maximum atomic E-state index is 12.1. The van der Waals surface area contributed by atoms with Gasteiger partial charge in [0.15, 0.2) is 0 Å². The number of aromatic nitrogens is 2. The Balaban J connectivity index is 1.91. The fraction of sp³-hybridized carbons (Fsp3) is 0.643. The van der Waals surface area contributed by atoms with Crippen molar-refractivity contribution in [1.82, 2.24) is 14.9 Å². The van der Waals surface area contributed by atoms with Gasteiger partial charge in [-0.15, -0.1) is 0 Å². The molecule has 6 nitrogen and oxygen atoms in total. The molecule has 1 aromatic rings. The van der Waals surface area contributed by atoms with Crippen molar-refractivity contribution in [2.75, 3.05) is 13.2 Å². The smallest absolute Gasteiger partial charge is 0.410 e. The van der Waals surface area contributed by atoms with Gasteiger partial charge in [-0.2, -0.15) is 0 Å². The molecule has 0 spiro atoms. The van der Waals surface area contributed by atoms with Gasteiger partial charge in [0, 0.05) is 24.5 Å². The molecule has 2 bridgehead atoms. The molecule has 3 fully saturated rings. The summed E-state index contributed by atoms with van der Waals surface area (Å²) in [6, 6.07) is -0.252. The molecule has 6 heteroatoms. The summed E-state index contributed by atoms with van der Waals surface area (Å²) in [4.78, 5) is 21.7. The predicted octanol–water partition coefficient (Wildman–Crippen LogP) is 1.30. The number of ether oxygens (including phenoxy) is 1. The Kier molecular flexibility index (Phi) is 3.33. The normalized spacial score (nSPS) is 32.2. The van der Waals surface area contributed by atoms with E-state index in [9.17, 15) is 9.90 Å². The zero-order chi connectivity index (χ0) is 14.2. The minimum Gasteiger partial charge on any atom is -0.450 e. The summed E-state index contributed by atoms with van der Waals surface area (Å²) in [5, 5.41) is 11.1. The zero-order valence-electron chi connectivity index (χ0n) is 11.5. The lowest BCUT2D eigenvalue weighted by molar-refractivity contribution is -0.129. The molecule has 3 atom stereocenters. The monoisotopic (exact) mass is 277 g/mol. The largest absolute Gasteiger partial charge is 0.450 e.